The maximum Gasteiger partial charge on any atom is 0.320 e. The van der Waals surface area contributed by atoms with E-state index in [1.54, 1.807) is 0 Å². The van der Waals surface area contributed by atoms with Crippen molar-refractivity contribution in [3.63, 3.8) is 0 Å². The van der Waals surface area contributed by atoms with Gasteiger partial charge in [0.05, 0.1) is 0 Å². The first-order valence-corrected chi connectivity index (χ1v) is 7.36. The Bertz CT molecular complexity index is 538. The SMILES string of the molecule is NC(Cc1ccc(O)c(O)c1)C(=O)O.NCCCCC(N)C(=O)O. The summed E-state index contributed by atoms with van der Waals surface area (Å²) in [6, 6.07) is 2.38. The molecule has 0 radical (unpaired) electrons. The second kappa shape index (κ2) is 11.2. The fourth-order valence-corrected chi connectivity index (χ4v) is 1.67. The summed E-state index contributed by atoms with van der Waals surface area (Å²) in [5, 5.41) is 35.0. The highest BCUT2D eigenvalue weighted by Crippen LogP contribution is 2.25. The van der Waals surface area contributed by atoms with Gasteiger partial charge in [-0.1, -0.05) is 12.5 Å². The minimum absolute atomic E-state index is 0.114. The van der Waals surface area contributed by atoms with Crippen LogP contribution in [0.3, 0.4) is 0 Å². The van der Waals surface area contributed by atoms with Gasteiger partial charge in [-0.05, 0) is 43.5 Å². The van der Waals surface area contributed by atoms with Crippen molar-refractivity contribution in [2.45, 2.75) is 37.8 Å². The number of unbranched alkanes of at least 4 members (excludes halogenated alkanes) is 1. The average Bonchev–Trinajstić information content (AvgIpc) is 2.51. The Morgan fingerprint density at radius 1 is 0.958 bits per heavy atom. The number of phenols is 2. The van der Waals surface area contributed by atoms with Crippen molar-refractivity contribution in [3.8, 4) is 11.5 Å². The number of carboxylic acids is 2. The van der Waals surface area contributed by atoms with E-state index in [9.17, 15) is 9.59 Å². The normalized spacial score (nSPS) is 12.6. The van der Waals surface area contributed by atoms with Crippen LogP contribution < -0.4 is 17.2 Å². The predicted molar refractivity (Wildman–Crippen MR) is 87.6 cm³/mol. The maximum atomic E-state index is 10.4. The molecule has 0 aromatic heterocycles. The van der Waals surface area contributed by atoms with E-state index in [2.05, 4.69) is 0 Å². The van der Waals surface area contributed by atoms with Gasteiger partial charge in [0.2, 0.25) is 0 Å². The quantitative estimate of drug-likeness (QED) is 0.242. The van der Waals surface area contributed by atoms with Crippen LogP contribution in [-0.2, 0) is 16.0 Å². The standard InChI is InChI=1S/C9H11NO4.C6H14N2O2/c10-6(9(13)14)3-5-1-2-7(11)8(12)4-5;7-4-2-1-3-5(8)6(9)10/h1-2,4,6,11-12H,3,10H2,(H,13,14);5H,1-4,7-8H2,(H,9,10). The van der Waals surface area contributed by atoms with Crippen LogP contribution in [-0.4, -0.2) is 51.0 Å². The van der Waals surface area contributed by atoms with Crippen molar-refractivity contribution in [1.82, 2.24) is 0 Å². The molecular weight excluding hydrogens is 318 g/mol. The summed E-state index contributed by atoms with van der Waals surface area (Å²) in [4.78, 5) is 20.6. The van der Waals surface area contributed by atoms with E-state index in [0.29, 0.717) is 18.5 Å². The monoisotopic (exact) mass is 343 g/mol. The van der Waals surface area contributed by atoms with Gasteiger partial charge in [-0.15, -0.1) is 0 Å². The summed E-state index contributed by atoms with van der Waals surface area (Å²) >= 11 is 0. The first-order chi connectivity index (χ1) is 11.2. The van der Waals surface area contributed by atoms with Crippen LogP contribution in [0.15, 0.2) is 18.2 Å². The molecule has 10 N–H and O–H groups in total. The van der Waals surface area contributed by atoms with Gasteiger partial charge < -0.3 is 37.6 Å². The highest BCUT2D eigenvalue weighted by atomic mass is 16.4. The number of nitrogens with two attached hydrogens (primary N) is 3. The fourth-order valence-electron chi connectivity index (χ4n) is 1.67. The molecule has 24 heavy (non-hydrogen) atoms. The number of aliphatic carboxylic acids is 2. The van der Waals surface area contributed by atoms with E-state index in [0.717, 1.165) is 12.8 Å². The number of hydrogen-bond donors (Lipinski definition) is 7. The Morgan fingerprint density at radius 2 is 1.54 bits per heavy atom. The first-order valence-electron chi connectivity index (χ1n) is 7.36. The van der Waals surface area contributed by atoms with E-state index >= 15 is 0 Å². The zero-order valence-electron chi connectivity index (χ0n) is 13.3. The van der Waals surface area contributed by atoms with Gasteiger partial charge in [0.1, 0.15) is 12.1 Å². The van der Waals surface area contributed by atoms with Crippen LogP contribution in [0.2, 0.25) is 0 Å². The largest absolute Gasteiger partial charge is 0.504 e. The summed E-state index contributed by atoms with van der Waals surface area (Å²) in [5.41, 5.74) is 16.3. The maximum absolute atomic E-state index is 10.4. The lowest BCUT2D eigenvalue weighted by Crippen LogP contribution is -2.32. The molecule has 1 aromatic rings. The molecule has 0 bridgehead atoms. The van der Waals surface area contributed by atoms with E-state index < -0.39 is 24.0 Å². The highest BCUT2D eigenvalue weighted by Gasteiger charge is 2.12. The number of hydrogen-bond acceptors (Lipinski definition) is 7. The topological polar surface area (TPSA) is 193 Å². The average molecular weight is 343 g/mol. The number of phenolic OH excluding ortho intramolecular Hbond substituents is 2. The van der Waals surface area contributed by atoms with Gasteiger partial charge in [0.25, 0.3) is 0 Å². The van der Waals surface area contributed by atoms with E-state index in [4.69, 9.17) is 37.6 Å². The molecule has 0 aliphatic rings. The Morgan fingerprint density at radius 3 is 2.00 bits per heavy atom. The van der Waals surface area contributed by atoms with Crippen molar-refractivity contribution < 1.29 is 30.0 Å². The lowest BCUT2D eigenvalue weighted by molar-refractivity contribution is -0.139. The third-order valence-electron chi connectivity index (χ3n) is 3.10. The van der Waals surface area contributed by atoms with Crippen LogP contribution >= 0.6 is 0 Å². The molecule has 0 fully saturated rings. The molecule has 1 rings (SSSR count). The zero-order valence-corrected chi connectivity index (χ0v) is 13.3. The molecule has 9 nitrogen and oxygen atoms in total. The summed E-state index contributed by atoms with van der Waals surface area (Å²) in [6.07, 6.45) is 2.28. The van der Waals surface area contributed by atoms with Gasteiger partial charge in [-0.2, -0.15) is 0 Å². The molecule has 1 aromatic carbocycles. The molecule has 2 atom stereocenters. The van der Waals surface area contributed by atoms with Crippen molar-refractivity contribution in [2.75, 3.05) is 6.54 Å². The third-order valence-corrected chi connectivity index (χ3v) is 3.10. The number of benzene rings is 1. The van der Waals surface area contributed by atoms with Crippen molar-refractivity contribution >= 4 is 11.9 Å². The Hall–Kier alpha value is -2.36. The van der Waals surface area contributed by atoms with Crippen molar-refractivity contribution in [1.29, 1.82) is 0 Å². The van der Waals surface area contributed by atoms with E-state index in [1.807, 2.05) is 0 Å². The second-order valence-corrected chi connectivity index (χ2v) is 5.20. The van der Waals surface area contributed by atoms with Gasteiger partial charge in [-0.3, -0.25) is 9.59 Å². The molecule has 0 aliphatic heterocycles. The summed E-state index contributed by atoms with van der Waals surface area (Å²) in [6.45, 7) is 0.604. The van der Waals surface area contributed by atoms with Gasteiger partial charge in [0.15, 0.2) is 11.5 Å². The van der Waals surface area contributed by atoms with Gasteiger partial charge in [0, 0.05) is 0 Å². The zero-order chi connectivity index (χ0) is 18.7. The minimum Gasteiger partial charge on any atom is -0.504 e. The van der Waals surface area contributed by atoms with E-state index in [-0.39, 0.29) is 17.9 Å². The van der Waals surface area contributed by atoms with Crippen LogP contribution in [0.4, 0.5) is 0 Å². The van der Waals surface area contributed by atoms with Crippen molar-refractivity contribution in [3.05, 3.63) is 23.8 Å². The molecule has 136 valence electrons. The van der Waals surface area contributed by atoms with Crippen LogP contribution in [0.5, 0.6) is 11.5 Å². The lowest BCUT2D eigenvalue weighted by atomic mass is 10.1. The fraction of sp³-hybridized carbons (Fsp3) is 0.467. The van der Waals surface area contributed by atoms with Gasteiger partial charge in [-0.25, -0.2) is 0 Å². The Kier molecular flexibility index (Phi) is 10.1. The van der Waals surface area contributed by atoms with E-state index in [1.165, 1.54) is 18.2 Å². The molecular formula is C15H25N3O6. The first kappa shape index (κ1) is 21.6. The lowest BCUT2D eigenvalue weighted by Gasteiger charge is -2.06. The molecule has 0 aliphatic carbocycles. The summed E-state index contributed by atoms with van der Waals surface area (Å²) < 4.78 is 0. The van der Waals surface area contributed by atoms with Crippen LogP contribution in [0.1, 0.15) is 24.8 Å². The van der Waals surface area contributed by atoms with Crippen molar-refractivity contribution in [2.24, 2.45) is 17.2 Å². The number of carboxylic acid groups (broad SMARTS) is 2. The molecule has 0 spiro atoms. The smallest absolute Gasteiger partial charge is 0.320 e. The number of aromatic hydroxyl groups is 2. The number of rotatable bonds is 8. The Labute approximate surface area is 139 Å². The third kappa shape index (κ3) is 8.93. The molecule has 0 saturated heterocycles. The molecule has 0 saturated carbocycles. The predicted octanol–water partition coefficient (Wildman–Crippen LogP) is -0.420. The molecule has 0 heterocycles. The summed E-state index contributed by atoms with van der Waals surface area (Å²) in [7, 11) is 0. The van der Waals surface area contributed by atoms with Crippen LogP contribution in [0, 0.1) is 0 Å². The molecule has 2 unspecified atom stereocenters. The highest BCUT2D eigenvalue weighted by molar-refractivity contribution is 5.73. The Balaban J connectivity index is 0.000000470. The summed E-state index contributed by atoms with van der Waals surface area (Å²) in [5.74, 6) is -2.55. The second-order valence-electron chi connectivity index (χ2n) is 5.20. The van der Waals surface area contributed by atoms with Crippen LogP contribution in [0.25, 0.3) is 0 Å². The van der Waals surface area contributed by atoms with Gasteiger partial charge >= 0.3 is 11.9 Å². The molecule has 0 amide bonds. The minimum atomic E-state index is -1.10. The molecule has 9 heteroatoms. The number of carbonyl (C=O) groups is 2.